The van der Waals surface area contributed by atoms with E-state index in [1.54, 1.807) is 0 Å². The lowest BCUT2D eigenvalue weighted by Gasteiger charge is -2.37. The fraction of sp³-hybridized carbons (Fsp3) is 0.500. The van der Waals surface area contributed by atoms with Crippen LogP contribution < -0.4 is 10.2 Å². The molecule has 5 rings (SSSR count). The third-order valence-electron chi connectivity index (χ3n) is 6.92. The standard InChI is InChI=1S/C26H33N5O2/c1-5-33-26(32)21-14-22(30-12-10-20-18(15-30)9-11-27-20)23-24(16(2)3)29-31(25(23)28-21)19-8-6-7-17(4)13-19/h6-8,13-14,16,18,20,27H,5,9-12,15H2,1-4H3. The highest BCUT2D eigenvalue weighted by atomic mass is 16.5. The summed E-state index contributed by atoms with van der Waals surface area (Å²) in [6, 6.07) is 10.8. The van der Waals surface area contributed by atoms with Gasteiger partial charge in [-0.05, 0) is 68.8 Å². The summed E-state index contributed by atoms with van der Waals surface area (Å²) in [5.74, 6) is 0.460. The molecule has 174 valence electrons. The van der Waals surface area contributed by atoms with Crippen molar-refractivity contribution in [2.45, 2.75) is 52.5 Å². The Morgan fingerprint density at radius 1 is 1.27 bits per heavy atom. The van der Waals surface area contributed by atoms with E-state index in [1.165, 1.54) is 6.42 Å². The predicted molar refractivity (Wildman–Crippen MR) is 130 cm³/mol. The van der Waals surface area contributed by atoms with Gasteiger partial charge in [-0.25, -0.2) is 14.5 Å². The first-order chi connectivity index (χ1) is 16.0. The molecule has 2 aliphatic rings. The molecule has 0 aliphatic carbocycles. The van der Waals surface area contributed by atoms with Crippen LogP contribution in [0.5, 0.6) is 0 Å². The second-order valence-electron chi connectivity index (χ2n) is 9.58. The van der Waals surface area contributed by atoms with Gasteiger partial charge in [0.05, 0.1) is 29.1 Å². The molecule has 0 bridgehead atoms. The van der Waals surface area contributed by atoms with Crippen LogP contribution in [0.4, 0.5) is 5.69 Å². The molecule has 2 aromatic heterocycles. The summed E-state index contributed by atoms with van der Waals surface area (Å²) in [5.41, 5.74) is 5.23. The minimum atomic E-state index is -0.388. The van der Waals surface area contributed by atoms with Crippen LogP contribution in [0.15, 0.2) is 30.3 Å². The number of fused-ring (bicyclic) bond motifs is 2. The SMILES string of the molecule is CCOC(=O)c1cc(N2CCC3NCCC3C2)c2c(C(C)C)nn(-c3cccc(C)c3)c2n1. The highest BCUT2D eigenvalue weighted by molar-refractivity contribution is 5.99. The number of anilines is 1. The predicted octanol–water partition coefficient (Wildman–Crippen LogP) is 4.22. The number of esters is 1. The van der Waals surface area contributed by atoms with Gasteiger partial charge < -0.3 is 15.0 Å². The summed E-state index contributed by atoms with van der Waals surface area (Å²) in [6.45, 7) is 11.6. The van der Waals surface area contributed by atoms with Crippen molar-refractivity contribution < 1.29 is 9.53 Å². The molecule has 7 nitrogen and oxygen atoms in total. The van der Waals surface area contributed by atoms with Gasteiger partial charge in [-0.1, -0.05) is 26.0 Å². The second-order valence-corrected chi connectivity index (χ2v) is 9.58. The number of carbonyl (C=O) groups excluding carboxylic acids is 1. The Kier molecular flexibility index (Phi) is 5.83. The van der Waals surface area contributed by atoms with E-state index >= 15 is 0 Å². The fourth-order valence-electron chi connectivity index (χ4n) is 5.29. The lowest BCUT2D eigenvalue weighted by atomic mass is 9.92. The number of benzene rings is 1. The highest BCUT2D eigenvalue weighted by Crippen LogP contribution is 2.37. The van der Waals surface area contributed by atoms with Gasteiger partial charge in [0.25, 0.3) is 0 Å². The van der Waals surface area contributed by atoms with Crippen molar-refractivity contribution in [3.63, 3.8) is 0 Å². The van der Waals surface area contributed by atoms with Gasteiger partial charge in [-0.3, -0.25) is 0 Å². The molecule has 1 aromatic carbocycles. The molecular formula is C26H33N5O2. The summed E-state index contributed by atoms with van der Waals surface area (Å²) in [6.07, 6.45) is 2.30. The van der Waals surface area contributed by atoms with Crippen LogP contribution in [0.1, 0.15) is 61.3 Å². The van der Waals surface area contributed by atoms with Crippen molar-refractivity contribution in [1.82, 2.24) is 20.1 Å². The van der Waals surface area contributed by atoms with Crippen LogP contribution in [0, 0.1) is 12.8 Å². The molecule has 0 saturated carbocycles. The first kappa shape index (κ1) is 21.9. The molecule has 0 amide bonds. The lowest BCUT2D eigenvalue weighted by molar-refractivity contribution is 0.0520. The van der Waals surface area contributed by atoms with E-state index in [9.17, 15) is 4.79 Å². The Balaban J connectivity index is 1.72. The van der Waals surface area contributed by atoms with Crippen LogP contribution in [0.3, 0.4) is 0 Å². The maximum Gasteiger partial charge on any atom is 0.357 e. The summed E-state index contributed by atoms with van der Waals surface area (Å²) in [5, 5.41) is 9.72. The molecule has 1 N–H and O–H groups in total. The van der Waals surface area contributed by atoms with E-state index < -0.39 is 0 Å². The molecule has 2 aliphatic heterocycles. The van der Waals surface area contributed by atoms with Gasteiger partial charge in [0.15, 0.2) is 11.3 Å². The largest absolute Gasteiger partial charge is 0.461 e. The number of ether oxygens (including phenoxy) is 1. The maximum atomic E-state index is 12.8. The monoisotopic (exact) mass is 447 g/mol. The van der Waals surface area contributed by atoms with Gasteiger partial charge in [0.1, 0.15) is 0 Å². The molecule has 2 saturated heterocycles. The fourth-order valence-corrected chi connectivity index (χ4v) is 5.29. The van der Waals surface area contributed by atoms with Crippen LogP contribution in [-0.4, -0.2) is 53.0 Å². The van der Waals surface area contributed by atoms with Gasteiger partial charge in [0.2, 0.25) is 0 Å². The van der Waals surface area contributed by atoms with Crippen molar-refractivity contribution >= 4 is 22.7 Å². The molecule has 4 heterocycles. The van der Waals surface area contributed by atoms with Crippen LogP contribution in [-0.2, 0) is 4.74 Å². The van der Waals surface area contributed by atoms with E-state index in [0.717, 1.165) is 59.7 Å². The third kappa shape index (κ3) is 3.99. The van der Waals surface area contributed by atoms with E-state index in [-0.39, 0.29) is 11.9 Å². The molecule has 33 heavy (non-hydrogen) atoms. The van der Waals surface area contributed by atoms with Crippen LogP contribution in [0.25, 0.3) is 16.7 Å². The molecular weight excluding hydrogens is 414 g/mol. The van der Waals surface area contributed by atoms with Crippen molar-refractivity contribution in [3.05, 3.63) is 47.3 Å². The minimum Gasteiger partial charge on any atom is -0.461 e. The van der Waals surface area contributed by atoms with Gasteiger partial charge in [-0.2, -0.15) is 5.10 Å². The normalized spacial score (nSPS) is 20.5. The Labute approximate surface area is 195 Å². The summed E-state index contributed by atoms with van der Waals surface area (Å²) < 4.78 is 7.24. The van der Waals surface area contributed by atoms with Crippen molar-refractivity contribution in [2.75, 3.05) is 31.1 Å². The number of nitrogens with zero attached hydrogens (tertiary/aromatic N) is 4. The van der Waals surface area contributed by atoms with E-state index in [2.05, 4.69) is 43.1 Å². The molecule has 0 radical (unpaired) electrons. The zero-order valence-electron chi connectivity index (χ0n) is 20.0. The first-order valence-electron chi connectivity index (χ1n) is 12.1. The Morgan fingerprint density at radius 2 is 2.12 bits per heavy atom. The molecule has 3 aromatic rings. The van der Waals surface area contributed by atoms with Crippen molar-refractivity contribution in [1.29, 1.82) is 0 Å². The Bertz CT molecular complexity index is 1180. The van der Waals surface area contributed by atoms with Crippen molar-refractivity contribution in [2.24, 2.45) is 5.92 Å². The smallest absolute Gasteiger partial charge is 0.357 e. The topological polar surface area (TPSA) is 72.3 Å². The van der Waals surface area contributed by atoms with Gasteiger partial charge >= 0.3 is 5.97 Å². The lowest BCUT2D eigenvalue weighted by Crippen LogP contribution is -2.44. The second kappa shape index (κ2) is 8.78. The quantitative estimate of drug-likeness (QED) is 0.591. The number of aromatic nitrogens is 3. The molecule has 0 spiro atoms. The van der Waals surface area contributed by atoms with E-state index in [0.29, 0.717) is 24.3 Å². The van der Waals surface area contributed by atoms with Crippen LogP contribution >= 0.6 is 0 Å². The average molecular weight is 448 g/mol. The zero-order chi connectivity index (χ0) is 23.1. The molecule has 2 atom stereocenters. The number of piperidine rings is 1. The summed E-state index contributed by atoms with van der Waals surface area (Å²) >= 11 is 0. The maximum absolute atomic E-state index is 12.8. The number of nitrogens with one attached hydrogen (secondary N) is 1. The number of rotatable bonds is 5. The first-order valence-corrected chi connectivity index (χ1v) is 12.1. The summed E-state index contributed by atoms with van der Waals surface area (Å²) in [4.78, 5) is 20.1. The van der Waals surface area contributed by atoms with Gasteiger partial charge in [-0.15, -0.1) is 0 Å². The number of aryl methyl sites for hydroxylation is 1. The number of hydrogen-bond donors (Lipinski definition) is 1. The van der Waals surface area contributed by atoms with E-state index in [1.807, 2.05) is 29.8 Å². The van der Waals surface area contributed by atoms with Crippen LogP contribution in [0.2, 0.25) is 0 Å². The van der Waals surface area contributed by atoms with Crippen molar-refractivity contribution in [3.8, 4) is 5.69 Å². The Hall–Kier alpha value is -2.93. The molecule has 2 fully saturated rings. The summed E-state index contributed by atoms with van der Waals surface area (Å²) in [7, 11) is 0. The minimum absolute atomic E-state index is 0.221. The Morgan fingerprint density at radius 3 is 2.88 bits per heavy atom. The molecule has 2 unspecified atom stereocenters. The third-order valence-corrected chi connectivity index (χ3v) is 6.92. The number of carbonyl (C=O) groups is 1. The number of pyridine rings is 1. The molecule has 7 heteroatoms. The van der Waals surface area contributed by atoms with E-state index in [4.69, 9.17) is 14.8 Å². The van der Waals surface area contributed by atoms with Gasteiger partial charge in [0, 0.05) is 19.1 Å². The average Bonchev–Trinajstić information content (AvgIpc) is 3.43. The number of hydrogen-bond acceptors (Lipinski definition) is 6. The zero-order valence-corrected chi connectivity index (χ0v) is 20.0. The highest BCUT2D eigenvalue weighted by Gasteiger charge is 2.34.